The number of rotatable bonds is 5. The highest BCUT2D eigenvalue weighted by atomic mass is 35.5. The van der Waals surface area contributed by atoms with Crippen LogP contribution < -0.4 is 10.6 Å². The van der Waals surface area contributed by atoms with Crippen molar-refractivity contribution in [2.45, 2.75) is 25.8 Å². The number of nitrogens with one attached hydrogen (secondary N) is 2. The van der Waals surface area contributed by atoms with Gasteiger partial charge in [-0.2, -0.15) is 0 Å². The third-order valence-corrected chi connectivity index (χ3v) is 3.53. The van der Waals surface area contributed by atoms with E-state index in [-0.39, 0.29) is 11.9 Å². The van der Waals surface area contributed by atoms with Gasteiger partial charge in [0, 0.05) is 24.7 Å². The Kier molecular flexibility index (Phi) is 5.20. The summed E-state index contributed by atoms with van der Waals surface area (Å²) in [7, 11) is 2.06. The lowest BCUT2D eigenvalue weighted by molar-refractivity contribution is 0.0938. The Morgan fingerprint density at radius 3 is 3.00 bits per heavy atom. The molecular weight excluding hydrogens is 276 g/mol. The fourth-order valence-electron chi connectivity index (χ4n) is 2.29. The zero-order valence-corrected chi connectivity index (χ0v) is 12.7. The second-order valence-corrected chi connectivity index (χ2v) is 5.60. The van der Waals surface area contributed by atoms with E-state index in [9.17, 15) is 4.79 Å². The van der Waals surface area contributed by atoms with Crippen LogP contribution in [0.3, 0.4) is 0 Å². The molecule has 20 heavy (non-hydrogen) atoms. The van der Waals surface area contributed by atoms with Crippen molar-refractivity contribution >= 4 is 23.3 Å². The highest BCUT2D eigenvalue weighted by Crippen LogP contribution is 2.15. The van der Waals surface area contributed by atoms with Gasteiger partial charge in [0.15, 0.2) is 0 Å². The Morgan fingerprint density at radius 1 is 1.55 bits per heavy atom. The molecule has 0 saturated carbocycles. The van der Waals surface area contributed by atoms with Crippen molar-refractivity contribution < 1.29 is 4.79 Å². The molecule has 1 aromatic rings. The number of halogens is 1. The van der Waals surface area contributed by atoms with Gasteiger partial charge in [-0.3, -0.25) is 4.79 Å². The summed E-state index contributed by atoms with van der Waals surface area (Å²) in [4.78, 5) is 18.6. The predicted octanol–water partition coefficient (Wildman–Crippen LogP) is 1.99. The van der Waals surface area contributed by atoms with Crippen LogP contribution in [0.4, 0.5) is 5.82 Å². The molecule has 2 heterocycles. The maximum Gasteiger partial charge on any atom is 0.251 e. The molecule has 2 N–H and O–H groups in total. The molecule has 1 aliphatic rings. The monoisotopic (exact) mass is 296 g/mol. The number of likely N-dealkylation sites (tertiary alicyclic amines) is 1. The number of carbonyl (C=O) groups excluding carboxylic acids is 1. The molecular formula is C14H21ClN4O. The number of aromatic nitrogens is 1. The van der Waals surface area contributed by atoms with Crippen molar-refractivity contribution in [3.05, 3.63) is 22.8 Å². The lowest BCUT2D eigenvalue weighted by Crippen LogP contribution is -2.36. The summed E-state index contributed by atoms with van der Waals surface area (Å²) in [6, 6.07) is 3.56. The van der Waals surface area contributed by atoms with Crippen molar-refractivity contribution in [2.75, 3.05) is 32.0 Å². The Hall–Kier alpha value is -1.33. The number of hydrogen-bond acceptors (Lipinski definition) is 4. The highest BCUT2D eigenvalue weighted by Gasteiger charge is 2.21. The van der Waals surface area contributed by atoms with E-state index in [1.54, 1.807) is 12.1 Å². The van der Waals surface area contributed by atoms with Gasteiger partial charge in [0.1, 0.15) is 11.0 Å². The molecule has 0 bridgehead atoms. The standard InChI is InChI=1S/C14H21ClN4O/c1-3-5-16-13-8-10(7-12(15)18-13)14(20)17-11-4-6-19(2)9-11/h7-8,11H,3-6,9H2,1-2H3,(H,16,18)(H,17,20). The van der Waals surface area contributed by atoms with Gasteiger partial charge >= 0.3 is 0 Å². The van der Waals surface area contributed by atoms with Crippen molar-refractivity contribution in [1.82, 2.24) is 15.2 Å². The molecule has 0 aromatic carbocycles. The fraction of sp³-hybridized carbons (Fsp3) is 0.571. The maximum atomic E-state index is 12.2. The SMILES string of the molecule is CCCNc1cc(C(=O)NC2CCN(C)C2)cc(Cl)n1. The molecule has 1 aliphatic heterocycles. The van der Waals surface area contributed by atoms with E-state index < -0.39 is 0 Å². The number of likely N-dealkylation sites (N-methyl/N-ethyl adjacent to an activating group) is 1. The average molecular weight is 297 g/mol. The molecule has 1 atom stereocenters. The van der Waals surface area contributed by atoms with Crippen LogP contribution >= 0.6 is 11.6 Å². The molecule has 2 rings (SSSR count). The van der Waals surface area contributed by atoms with Gasteiger partial charge in [-0.15, -0.1) is 0 Å². The van der Waals surface area contributed by atoms with Crippen molar-refractivity contribution in [2.24, 2.45) is 0 Å². The first-order valence-electron chi connectivity index (χ1n) is 6.99. The van der Waals surface area contributed by atoms with Gasteiger partial charge in [-0.1, -0.05) is 18.5 Å². The second kappa shape index (κ2) is 6.90. The van der Waals surface area contributed by atoms with Crippen LogP contribution in [-0.4, -0.2) is 48.5 Å². The maximum absolute atomic E-state index is 12.2. The molecule has 0 spiro atoms. The summed E-state index contributed by atoms with van der Waals surface area (Å²) in [6.07, 6.45) is 1.98. The minimum absolute atomic E-state index is 0.0888. The zero-order valence-electron chi connectivity index (χ0n) is 11.9. The normalized spacial score (nSPS) is 19.1. The number of pyridine rings is 1. The van der Waals surface area contributed by atoms with Crippen molar-refractivity contribution in [1.29, 1.82) is 0 Å². The predicted molar refractivity (Wildman–Crippen MR) is 81.4 cm³/mol. The number of carbonyl (C=O) groups is 1. The molecule has 1 unspecified atom stereocenters. The van der Waals surface area contributed by atoms with Crippen LogP contribution in [0.15, 0.2) is 12.1 Å². The van der Waals surface area contributed by atoms with E-state index in [0.29, 0.717) is 16.5 Å². The quantitative estimate of drug-likeness (QED) is 0.816. The number of hydrogen-bond donors (Lipinski definition) is 2. The van der Waals surface area contributed by atoms with Crippen LogP contribution in [-0.2, 0) is 0 Å². The van der Waals surface area contributed by atoms with E-state index in [2.05, 4.69) is 34.5 Å². The van der Waals surface area contributed by atoms with Gasteiger partial charge in [0.2, 0.25) is 0 Å². The number of amides is 1. The van der Waals surface area contributed by atoms with E-state index in [4.69, 9.17) is 11.6 Å². The van der Waals surface area contributed by atoms with E-state index in [1.807, 2.05) is 0 Å². The fourth-order valence-corrected chi connectivity index (χ4v) is 2.50. The first kappa shape index (κ1) is 15.1. The summed E-state index contributed by atoms with van der Waals surface area (Å²) < 4.78 is 0. The van der Waals surface area contributed by atoms with Gasteiger partial charge in [0.25, 0.3) is 5.91 Å². The third-order valence-electron chi connectivity index (χ3n) is 3.34. The van der Waals surface area contributed by atoms with Gasteiger partial charge in [0.05, 0.1) is 0 Å². The Morgan fingerprint density at radius 2 is 2.35 bits per heavy atom. The molecule has 5 nitrogen and oxygen atoms in total. The topological polar surface area (TPSA) is 57.3 Å². The summed E-state index contributed by atoms with van der Waals surface area (Å²) >= 11 is 5.97. The molecule has 1 amide bonds. The summed E-state index contributed by atoms with van der Waals surface area (Å²) in [6.45, 7) is 4.79. The highest BCUT2D eigenvalue weighted by molar-refractivity contribution is 6.29. The summed E-state index contributed by atoms with van der Waals surface area (Å²) in [5, 5.41) is 6.52. The third kappa shape index (κ3) is 4.08. The van der Waals surface area contributed by atoms with Gasteiger partial charge in [-0.05, 0) is 38.6 Å². The molecule has 6 heteroatoms. The zero-order chi connectivity index (χ0) is 14.5. The van der Waals surface area contributed by atoms with Crippen LogP contribution in [0.1, 0.15) is 30.1 Å². The number of anilines is 1. The second-order valence-electron chi connectivity index (χ2n) is 5.21. The molecule has 0 radical (unpaired) electrons. The smallest absolute Gasteiger partial charge is 0.251 e. The van der Waals surface area contributed by atoms with Gasteiger partial charge < -0.3 is 15.5 Å². The minimum atomic E-state index is -0.0888. The van der Waals surface area contributed by atoms with Crippen molar-refractivity contribution in [3.8, 4) is 0 Å². The van der Waals surface area contributed by atoms with E-state index in [0.717, 1.165) is 32.5 Å². The lowest BCUT2D eigenvalue weighted by atomic mass is 10.2. The van der Waals surface area contributed by atoms with Crippen LogP contribution in [0.25, 0.3) is 0 Å². The van der Waals surface area contributed by atoms with Crippen molar-refractivity contribution in [3.63, 3.8) is 0 Å². The van der Waals surface area contributed by atoms with Gasteiger partial charge in [-0.25, -0.2) is 4.98 Å². The molecule has 110 valence electrons. The van der Waals surface area contributed by atoms with Crippen LogP contribution in [0.2, 0.25) is 5.15 Å². The molecule has 1 saturated heterocycles. The first-order chi connectivity index (χ1) is 9.58. The lowest BCUT2D eigenvalue weighted by Gasteiger charge is -2.13. The summed E-state index contributed by atoms with van der Waals surface area (Å²) in [5.74, 6) is 0.558. The van der Waals surface area contributed by atoms with E-state index in [1.165, 1.54) is 0 Å². The molecule has 1 aromatic heterocycles. The Bertz CT molecular complexity index is 480. The molecule has 1 fully saturated rings. The summed E-state index contributed by atoms with van der Waals surface area (Å²) in [5.41, 5.74) is 0.554. The Labute approximate surface area is 124 Å². The average Bonchev–Trinajstić information content (AvgIpc) is 2.81. The first-order valence-corrected chi connectivity index (χ1v) is 7.37. The molecule has 0 aliphatic carbocycles. The van der Waals surface area contributed by atoms with Crippen LogP contribution in [0.5, 0.6) is 0 Å². The van der Waals surface area contributed by atoms with E-state index >= 15 is 0 Å². The van der Waals surface area contributed by atoms with Crippen LogP contribution in [0, 0.1) is 0 Å². The number of nitrogens with zero attached hydrogens (tertiary/aromatic N) is 2. The minimum Gasteiger partial charge on any atom is -0.370 e. The largest absolute Gasteiger partial charge is 0.370 e. The Balaban J connectivity index is 2.03.